The van der Waals surface area contributed by atoms with Crippen LogP contribution in [0.4, 0.5) is 0 Å². The van der Waals surface area contributed by atoms with Crippen LogP contribution in [0.5, 0.6) is 0 Å². The second-order valence-corrected chi connectivity index (χ2v) is 7.75. The first-order chi connectivity index (χ1) is 14.1. The normalized spacial score (nSPS) is 15.0. The van der Waals surface area contributed by atoms with Gasteiger partial charge in [0.15, 0.2) is 5.96 Å². The Kier molecular flexibility index (Phi) is 9.62. The van der Waals surface area contributed by atoms with Crippen LogP contribution in [0.2, 0.25) is 0 Å². The van der Waals surface area contributed by atoms with Crippen LogP contribution >= 0.6 is 24.0 Å². The first kappa shape index (κ1) is 24.2. The number of nitrogens with zero attached hydrogens (tertiary/aromatic N) is 2. The van der Waals surface area contributed by atoms with Crippen LogP contribution in [-0.2, 0) is 17.9 Å². The monoisotopic (exact) mass is 520 g/mol. The van der Waals surface area contributed by atoms with E-state index in [2.05, 4.69) is 65.9 Å². The standard InChI is InChI=1S/C24H32N4O.HI/c1-18(20-10-5-4-6-11-20)19(2)27-24(25-3)26-15-9-14-23(29)28-16-21-12-7-8-13-22(21)17-28;/h4-8,10-13,18-19H,9,14-17H2,1-3H3,(H2,25,26,27);1H. The second kappa shape index (κ2) is 11.9. The molecule has 2 aromatic rings. The van der Waals surface area contributed by atoms with E-state index in [1.54, 1.807) is 7.05 Å². The van der Waals surface area contributed by atoms with Crippen LogP contribution < -0.4 is 10.6 Å². The molecule has 6 heteroatoms. The molecule has 2 unspecified atom stereocenters. The lowest BCUT2D eigenvalue weighted by molar-refractivity contribution is -0.131. The van der Waals surface area contributed by atoms with Gasteiger partial charge in [-0.25, -0.2) is 0 Å². The second-order valence-electron chi connectivity index (χ2n) is 7.75. The number of carbonyl (C=O) groups is 1. The van der Waals surface area contributed by atoms with E-state index in [-0.39, 0.29) is 35.9 Å². The van der Waals surface area contributed by atoms with Gasteiger partial charge in [0.25, 0.3) is 0 Å². The number of nitrogens with one attached hydrogen (secondary N) is 2. The smallest absolute Gasteiger partial charge is 0.223 e. The minimum absolute atomic E-state index is 0. The molecule has 2 N–H and O–H groups in total. The molecule has 162 valence electrons. The molecule has 0 radical (unpaired) electrons. The molecule has 0 saturated carbocycles. The molecule has 2 aromatic carbocycles. The number of amides is 1. The molecule has 5 nitrogen and oxygen atoms in total. The summed E-state index contributed by atoms with van der Waals surface area (Å²) in [6.45, 7) is 6.58. The average Bonchev–Trinajstić information content (AvgIpc) is 3.20. The summed E-state index contributed by atoms with van der Waals surface area (Å²) in [6.07, 6.45) is 1.34. The molecule has 1 heterocycles. The van der Waals surface area contributed by atoms with E-state index in [4.69, 9.17) is 0 Å². The van der Waals surface area contributed by atoms with Crippen molar-refractivity contribution >= 4 is 35.8 Å². The lowest BCUT2D eigenvalue weighted by atomic mass is 9.94. The Morgan fingerprint density at radius 3 is 2.23 bits per heavy atom. The molecule has 1 aliphatic heterocycles. The van der Waals surface area contributed by atoms with Crippen molar-refractivity contribution in [1.29, 1.82) is 0 Å². The van der Waals surface area contributed by atoms with Gasteiger partial charge >= 0.3 is 0 Å². The Morgan fingerprint density at radius 2 is 1.63 bits per heavy atom. The number of benzene rings is 2. The van der Waals surface area contributed by atoms with Gasteiger partial charge in [0.05, 0.1) is 0 Å². The Hall–Kier alpha value is -2.09. The Bertz CT molecular complexity index is 815. The van der Waals surface area contributed by atoms with E-state index < -0.39 is 0 Å². The molecule has 1 amide bonds. The molecule has 0 aromatic heterocycles. The van der Waals surface area contributed by atoms with Crippen molar-refractivity contribution in [3.63, 3.8) is 0 Å². The molecule has 30 heavy (non-hydrogen) atoms. The number of rotatable bonds is 7. The molecule has 0 bridgehead atoms. The Labute approximate surface area is 197 Å². The van der Waals surface area contributed by atoms with E-state index in [9.17, 15) is 4.79 Å². The maximum Gasteiger partial charge on any atom is 0.223 e. The highest BCUT2D eigenvalue weighted by Gasteiger charge is 2.22. The largest absolute Gasteiger partial charge is 0.356 e. The number of hydrogen-bond donors (Lipinski definition) is 2. The molecular weight excluding hydrogens is 487 g/mol. The number of carbonyl (C=O) groups excluding carboxylic acids is 1. The van der Waals surface area contributed by atoms with Crippen molar-refractivity contribution in [3.8, 4) is 0 Å². The number of hydrogen-bond acceptors (Lipinski definition) is 2. The fourth-order valence-corrected chi connectivity index (χ4v) is 3.69. The average molecular weight is 520 g/mol. The molecular formula is C24H33IN4O. The summed E-state index contributed by atoms with van der Waals surface area (Å²) in [5.74, 6) is 1.37. The van der Waals surface area contributed by atoms with Crippen LogP contribution in [-0.4, -0.2) is 36.4 Å². The Morgan fingerprint density at radius 1 is 1.03 bits per heavy atom. The first-order valence-electron chi connectivity index (χ1n) is 10.4. The maximum atomic E-state index is 12.5. The predicted molar refractivity (Wildman–Crippen MR) is 134 cm³/mol. The van der Waals surface area contributed by atoms with Gasteiger partial charge in [-0.2, -0.15) is 0 Å². The van der Waals surface area contributed by atoms with E-state index in [0.717, 1.165) is 32.0 Å². The van der Waals surface area contributed by atoms with Crippen molar-refractivity contribution in [2.45, 2.75) is 51.7 Å². The summed E-state index contributed by atoms with van der Waals surface area (Å²) in [5, 5.41) is 6.80. The van der Waals surface area contributed by atoms with Gasteiger partial charge < -0.3 is 15.5 Å². The van der Waals surface area contributed by atoms with Crippen molar-refractivity contribution in [2.75, 3.05) is 13.6 Å². The van der Waals surface area contributed by atoms with Gasteiger partial charge in [0.2, 0.25) is 5.91 Å². The topological polar surface area (TPSA) is 56.7 Å². The van der Waals surface area contributed by atoms with Crippen LogP contribution in [0, 0.1) is 0 Å². The highest BCUT2D eigenvalue weighted by Crippen LogP contribution is 2.23. The predicted octanol–water partition coefficient (Wildman–Crippen LogP) is 4.28. The lowest BCUT2D eigenvalue weighted by Crippen LogP contribution is -2.44. The van der Waals surface area contributed by atoms with Gasteiger partial charge in [-0.1, -0.05) is 61.5 Å². The minimum Gasteiger partial charge on any atom is -0.356 e. The molecule has 0 aliphatic carbocycles. The fraction of sp³-hybridized carbons (Fsp3) is 0.417. The van der Waals surface area contributed by atoms with E-state index in [0.29, 0.717) is 12.3 Å². The molecule has 0 fully saturated rings. The molecule has 1 aliphatic rings. The SMILES string of the molecule is CN=C(NCCCC(=O)N1Cc2ccccc2C1)NC(C)C(C)c1ccccc1.I. The zero-order valence-corrected chi connectivity index (χ0v) is 20.4. The summed E-state index contributed by atoms with van der Waals surface area (Å²) < 4.78 is 0. The lowest BCUT2D eigenvalue weighted by Gasteiger charge is -2.24. The van der Waals surface area contributed by atoms with Crippen molar-refractivity contribution in [3.05, 3.63) is 71.3 Å². The number of halogens is 1. The zero-order chi connectivity index (χ0) is 20.6. The maximum absolute atomic E-state index is 12.5. The third kappa shape index (κ3) is 6.45. The molecule has 0 spiro atoms. The summed E-state index contributed by atoms with van der Waals surface area (Å²) >= 11 is 0. The van der Waals surface area contributed by atoms with Crippen molar-refractivity contribution < 1.29 is 4.79 Å². The summed E-state index contributed by atoms with van der Waals surface area (Å²) in [7, 11) is 1.78. The zero-order valence-electron chi connectivity index (χ0n) is 18.1. The molecule has 3 rings (SSSR count). The van der Waals surface area contributed by atoms with Gasteiger partial charge in [-0.3, -0.25) is 9.79 Å². The van der Waals surface area contributed by atoms with E-state index in [1.165, 1.54) is 16.7 Å². The van der Waals surface area contributed by atoms with Crippen molar-refractivity contribution in [1.82, 2.24) is 15.5 Å². The van der Waals surface area contributed by atoms with Crippen molar-refractivity contribution in [2.24, 2.45) is 4.99 Å². The van der Waals surface area contributed by atoms with Gasteiger partial charge in [-0.05, 0) is 30.0 Å². The number of guanidine groups is 1. The van der Waals surface area contributed by atoms with Crippen LogP contribution in [0.1, 0.15) is 49.3 Å². The van der Waals surface area contributed by atoms with Gasteiger partial charge in [0.1, 0.15) is 0 Å². The highest BCUT2D eigenvalue weighted by molar-refractivity contribution is 14.0. The fourth-order valence-electron chi connectivity index (χ4n) is 3.69. The first-order valence-corrected chi connectivity index (χ1v) is 10.4. The highest BCUT2D eigenvalue weighted by atomic mass is 127. The Balaban J connectivity index is 0.00000320. The van der Waals surface area contributed by atoms with E-state index >= 15 is 0 Å². The van der Waals surface area contributed by atoms with Gasteiger partial charge in [-0.15, -0.1) is 24.0 Å². The molecule has 2 atom stereocenters. The summed E-state index contributed by atoms with van der Waals surface area (Å²) in [4.78, 5) is 18.8. The van der Waals surface area contributed by atoms with Crippen LogP contribution in [0.3, 0.4) is 0 Å². The molecule has 0 saturated heterocycles. The quantitative estimate of drug-likeness (QED) is 0.248. The van der Waals surface area contributed by atoms with Gasteiger partial charge in [0, 0.05) is 45.1 Å². The van der Waals surface area contributed by atoms with Crippen LogP contribution in [0.25, 0.3) is 0 Å². The number of aliphatic imine (C=N–C) groups is 1. The van der Waals surface area contributed by atoms with Crippen LogP contribution in [0.15, 0.2) is 59.6 Å². The summed E-state index contributed by atoms with van der Waals surface area (Å²) in [6, 6.07) is 19.0. The third-order valence-corrected chi connectivity index (χ3v) is 5.72. The van der Waals surface area contributed by atoms with E-state index in [1.807, 2.05) is 23.1 Å². The number of fused-ring (bicyclic) bond motifs is 1. The summed E-state index contributed by atoms with van der Waals surface area (Å²) in [5.41, 5.74) is 3.84. The minimum atomic E-state index is 0. The third-order valence-electron chi connectivity index (χ3n) is 5.72.